The van der Waals surface area contributed by atoms with Crippen molar-refractivity contribution in [2.45, 2.75) is 6.92 Å². The highest BCUT2D eigenvalue weighted by atomic mass is 16.5. The maximum Gasteiger partial charge on any atom is 0.257 e. The standard InChI is InChI=1S/C23H21N7O2/c1-15-9-10-24-19(11-15)30-21-12-20(26-14-27-21)28-17-4-6-18(7-5-17)29-23(31)16-3-8-22(32-2)25-13-16/h3-14H,1-2H3,(H,29,31)(H2,24,26,27,28,30). The summed E-state index contributed by atoms with van der Waals surface area (Å²) in [5, 5.41) is 9.22. The summed E-state index contributed by atoms with van der Waals surface area (Å²) >= 11 is 0. The zero-order chi connectivity index (χ0) is 22.3. The Kier molecular flexibility index (Phi) is 6.17. The van der Waals surface area contributed by atoms with E-state index in [1.54, 1.807) is 36.5 Å². The summed E-state index contributed by atoms with van der Waals surface area (Å²) in [6, 6.07) is 16.2. The number of amides is 1. The number of hydrogen-bond acceptors (Lipinski definition) is 8. The minimum Gasteiger partial charge on any atom is -0.481 e. The summed E-state index contributed by atoms with van der Waals surface area (Å²) in [7, 11) is 1.53. The Morgan fingerprint density at radius 1 is 0.812 bits per heavy atom. The van der Waals surface area contributed by atoms with E-state index < -0.39 is 0 Å². The average molecular weight is 427 g/mol. The quantitative estimate of drug-likeness (QED) is 0.399. The number of carbonyl (C=O) groups excluding carboxylic acids is 1. The van der Waals surface area contributed by atoms with E-state index in [1.807, 2.05) is 31.2 Å². The van der Waals surface area contributed by atoms with Crippen molar-refractivity contribution in [1.82, 2.24) is 19.9 Å². The van der Waals surface area contributed by atoms with Gasteiger partial charge in [-0.2, -0.15) is 0 Å². The lowest BCUT2D eigenvalue weighted by atomic mass is 10.2. The Morgan fingerprint density at radius 2 is 1.53 bits per heavy atom. The molecule has 4 aromatic rings. The Morgan fingerprint density at radius 3 is 2.22 bits per heavy atom. The number of aromatic nitrogens is 4. The number of carbonyl (C=O) groups is 1. The second-order valence-electron chi connectivity index (χ2n) is 6.88. The summed E-state index contributed by atoms with van der Waals surface area (Å²) in [6.07, 6.45) is 4.68. The molecular formula is C23H21N7O2. The number of benzene rings is 1. The average Bonchev–Trinajstić information content (AvgIpc) is 2.81. The van der Waals surface area contributed by atoms with Crippen molar-refractivity contribution >= 4 is 34.7 Å². The molecule has 3 heterocycles. The molecule has 0 bridgehead atoms. The van der Waals surface area contributed by atoms with Gasteiger partial charge in [0.2, 0.25) is 5.88 Å². The van der Waals surface area contributed by atoms with Gasteiger partial charge in [0.1, 0.15) is 23.8 Å². The molecule has 160 valence electrons. The molecule has 0 aliphatic heterocycles. The lowest BCUT2D eigenvalue weighted by Crippen LogP contribution is -2.12. The highest BCUT2D eigenvalue weighted by Crippen LogP contribution is 2.21. The molecule has 0 radical (unpaired) electrons. The number of anilines is 5. The van der Waals surface area contributed by atoms with Crippen LogP contribution >= 0.6 is 0 Å². The minimum atomic E-state index is -0.253. The lowest BCUT2D eigenvalue weighted by Gasteiger charge is -2.10. The van der Waals surface area contributed by atoms with Crippen LogP contribution < -0.4 is 20.7 Å². The van der Waals surface area contributed by atoms with Crippen LogP contribution in [0.5, 0.6) is 5.88 Å². The molecule has 0 atom stereocenters. The molecule has 0 saturated carbocycles. The summed E-state index contributed by atoms with van der Waals surface area (Å²) in [6.45, 7) is 2.00. The van der Waals surface area contributed by atoms with E-state index in [0.29, 0.717) is 34.6 Å². The molecule has 0 saturated heterocycles. The van der Waals surface area contributed by atoms with Crippen molar-refractivity contribution < 1.29 is 9.53 Å². The predicted molar refractivity (Wildman–Crippen MR) is 123 cm³/mol. The zero-order valence-corrected chi connectivity index (χ0v) is 17.5. The van der Waals surface area contributed by atoms with Gasteiger partial charge < -0.3 is 20.7 Å². The normalized spacial score (nSPS) is 10.3. The van der Waals surface area contributed by atoms with Crippen LogP contribution in [0.2, 0.25) is 0 Å². The molecular weight excluding hydrogens is 406 g/mol. The Hall–Kier alpha value is -4.53. The van der Waals surface area contributed by atoms with Crippen molar-refractivity contribution in [3.05, 3.63) is 84.4 Å². The van der Waals surface area contributed by atoms with Crippen molar-refractivity contribution in [3.8, 4) is 5.88 Å². The van der Waals surface area contributed by atoms with E-state index >= 15 is 0 Å². The van der Waals surface area contributed by atoms with Gasteiger partial charge in [-0.25, -0.2) is 19.9 Å². The first kappa shape index (κ1) is 20.7. The number of nitrogens with one attached hydrogen (secondary N) is 3. The monoisotopic (exact) mass is 427 g/mol. The van der Waals surface area contributed by atoms with E-state index in [9.17, 15) is 4.79 Å². The first-order valence-electron chi connectivity index (χ1n) is 9.79. The smallest absolute Gasteiger partial charge is 0.257 e. The number of rotatable bonds is 7. The maximum atomic E-state index is 12.4. The fourth-order valence-corrected chi connectivity index (χ4v) is 2.85. The van der Waals surface area contributed by atoms with Crippen LogP contribution in [0.15, 0.2) is 73.3 Å². The Bertz CT molecular complexity index is 1210. The predicted octanol–water partition coefficient (Wildman–Crippen LogP) is 4.32. The van der Waals surface area contributed by atoms with Gasteiger partial charge in [-0.3, -0.25) is 4.79 Å². The van der Waals surface area contributed by atoms with Crippen LogP contribution in [0.3, 0.4) is 0 Å². The largest absolute Gasteiger partial charge is 0.481 e. The van der Waals surface area contributed by atoms with Crippen LogP contribution in [-0.2, 0) is 0 Å². The van der Waals surface area contributed by atoms with Crippen LogP contribution in [0.25, 0.3) is 0 Å². The molecule has 0 aliphatic rings. The van der Waals surface area contributed by atoms with Gasteiger partial charge in [0.05, 0.1) is 12.7 Å². The number of hydrogen-bond donors (Lipinski definition) is 3. The molecule has 0 spiro atoms. The molecule has 32 heavy (non-hydrogen) atoms. The van der Waals surface area contributed by atoms with E-state index in [-0.39, 0.29) is 5.91 Å². The van der Waals surface area contributed by atoms with Crippen molar-refractivity contribution in [3.63, 3.8) is 0 Å². The lowest BCUT2D eigenvalue weighted by molar-refractivity contribution is 0.102. The maximum absolute atomic E-state index is 12.4. The molecule has 3 aromatic heterocycles. The van der Waals surface area contributed by atoms with E-state index in [0.717, 1.165) is 11.3 Å². The van der Waals surface area contributed by atoms with Gasteiger partial charge in [0.25, 0.3) is 5.91 Å². The van der Waals surface area contributed by atoms with Crippen LogP contribution in [-0.4, -0.2) is 33.0 Å². The van der Waals surface area contributed by atoms with Gasteiger partial charge in [-0.15, -0.1) is 0 Å². The van der Waals surface area contributed by atoms with Crippen LogP contribution in [0.1, 0.15) is 15.9 Å². The highest BCUT2D eigenvalue weighted by Gasteiger charge is 2.07. The van der Waals surface area contributed by atoms with Gasteiger partial charge in [0, 0.05) is 35.9 Å². The second-order valence-corrected chi connectivity index (χ2v) is 6.88. The summed E-state index contributed by atoms with van der Waals surface area (Å²) in [4.78, 5) is 29.2. The van der Waals surface area contributed by atoms with E-state index in [1.165, 1.54) is 19.6 Å². The Balaban J connectivity index is 1.38. The van der Waals surface area contributed by atoms with E-state index in [4.69, 9.17) is 4.74 Å². The molecule has 3 N–H and O–H groups in total. The molecule has 4 rings (SSSR count). The fourth-order valence-electron chi connectivity index (χ4n) is 2.85. The summed E-state index contributed by atoms with van der Waals surface area (Å²) in [5.41, 5.74) is 3.02. The minimum absolute atomic E-state index is 0.253. The summed E-state index contributed by atoms with van der Waals surface area (Å²) in [5.74, 6) is 2.16. The van der Waals surface area contributed by atoms with Gasteiger partial charge in [-0.05, 0) is 55.0 Å². The SMILES string of the molecule is COc1ccc(C(=O)Nc2ccc(Nc3cc(Nc4cc(C)ccn4)ncn3)cc2)cn1. The first-order chi connectivity index (χ1) is 15.6. The third kappa shape index (κ3) is 5.33. The van der Waals surface area contributed by atoms with Crippen LogP contribution in [0.4, 0.5) is 28.8 Å². The number of ether oxygens (including phenoxy) is 1. The first-order valence-corrected chi connectivity index (χ1v) is 9.79. The molecule has 9 nitrogen and oxygen atoms in total. The van der Waals surface area contributed by atoms with Crippen LogP contribution in [0, 0.1) is 6.92 Å². The molecule has 0 fully saturated rings. The molecule has 9 heteroatoms. The number of aryl methyl sites for hydroxylation is 1. The highest BCUT2D eigenvalue weighted by molar-refractivity contribution is 6.04. The zero-order valence-electron chi connectivity index (χ0n) is 17.5. The second kappa shape index (κ2) is 9.52. The summed E-state index contributed by atoms with van der Waals surface area (Å²) < 4.78 is 5.01. The molecule has 1 aromatic carbocycles. The van der Waals surface area contributed by atoms with Gasteiger partial charge in [-0.1, -0.05) is 0 Å². The number of methoxy groups -OCH3 is 1. The van der Waals surface area contributed by atoms with Gasteiger partial charge in [0.15, 0.2) is 0 Å². The molecule has 0 aliphatic carbocycles. The number of pyridine rings is 2. The van der Waals surface area contributed by atoms with E-state index in [2.05, 4.69) is 35.9 Å². The van der Waals surface area contributed by atoms with Gasteiger partial charge >= 0.3 is 0 Å². The molecule has 0 unspecified atom stereocenters. The molecule has 1 amide bonds. The third-order valence-corrected chi connectivity index (χ3v) is 4.46. The van der Waals surface area contributed by atoms with Crippen molar-refractivity contribution in [2.75, 3.05) is 23.1 Å². The fraction of sp³-hybridized carbons (Fsp3) is 0.0870. The van der Waals surface area contributed by atoms with Crippen molar-refractivity contribution in [2.24, 2.45) is 0 Å². The topological polar surface area (TPSA) is 114 Å². The van der Waals surface area contributed by atoms with Crippen molar-refractivity contribution in [1.29, 1.82) is 0 Å². The Labute approximate surface area is 185 Å². The number of nitrogens with zero attached hydrogens (tertiary/aromatic N) is 4. The third-order valence-electron chi connectivity index (χ3n) is 4.46.